The minimum Gasteiger partial charge on any atom is -0.313 e. The zero-order valence-electron chi connectivity index (χ0n) is 13.7. The standard InChI is InChI=1S/C17H20N6O/c1-2-15-20-21-16-11-22(9-10-23(15)16)8-7-14-18-13-6-4-3-5-12(13)17(24)19-14/h3-6H,2,7-11H2,1H3,(H,18,19,24). The van der Waals surface area contributed by atoms with Gasteiger partial charge in [-0.25, -0.2) is 4.98 Å². The molecule has 7 nitrogen and oxygen atoms in total. The fraction of sp³-hybridized carbons (Fsp3) is 0.412. The Morgan fingerprint density at radius 2 is 2.08 bits per heavy atom. The number of nitrogens with one attached hydrogen (secondary N) is 1. The molecule has 1 aliphatic heterocycles. The van der Waals surface area contributed by atoms with E-state index in [1.54, 1.807) is 6.07 Å². The van der Waals surface area contributed by atoms with Crippen molar-refractivity contribution < 1.29 is 0 Å². The molecule has 0 saturated carbocycles. The fourth-order valence-electron chi connectivity index (χ4n) is 3.24. The molecule has 1 aromatic carbocycles. The molecule has 0 bridgehead atoms. The molecule has 1 aliphatic rings. The van der Waals surface area contributed by atoms with Gasteiger partial charge in [-0.2, -0.15) is 0 Å². The second kappa shape index (κ2) is 6.16. The molecule has 0 aliphatic carbocycles. The third-order valence-electron chi connectivity index (χ3n) is 4.55. The maximum atomic E-state index is 12.1. The Hall–Kier alpha value is -2.54. The van der Waals surface area contributed by atoms with Gasteiger partial charge in [0.25, 0.3) is 5.56 Å². The van der Waals surface area contributed by atoms with Gasteiger partial charge in [0.05, 0.1) is 17.4 Å². The first-order valence-corrected chi connectivity index (χ1v) is 8.36. The first kappa shape index (κ1) is 15.0. The molecule has 0 spiro atoms. The predicted molar refractivity (Wildman–Crippen MR) is 90.7 cm³/mol. The summed E-state index contributed by atoms with van der Waals surface area (Å²) in [4.78, 5) is 21.9. The second-order valence-electron chi connectivity index (χ2n) is 6.09. The van der Waals surface area contributed by atoms with Gasteiger partial charge >= 0.3 is 0 Å². The number of aryl methyl sites for hydroxylation is 1. The SMILES string of the molecule is CCc1nnc2n1CCN(CCc1nc3ccccc3c(=O)[nH]1)C2. The third-order valence-corrected chi connectivity index (χ3v) is 4.55. The molecular weight excluding hydrogens is 304 g/mol. The Labute approximate surface area is 139 Å². The number of aromatic amines is 1. The Balaban J connectivity index is 1.47. The summed E-state index contributed by atoms with van der Waals surface area (Å²) >= 11 is 0. The highest BCUT2D eigenvalue weighted by Gasteiger charge is 2.20. The van der Waals surface area contributed by atoms with Crippen molar-refractivity contribution in [3.05, 3.63) is 52.1 Å². The lowest BCUT2D eigenvalue weighted by Crippen LogP contribution is -2.36. The van der Waals surface area contributed by atoms with Crippen LogP contribution < -0.4 is 5.56 Å². The lowest BCUT2D eigenvalue weighted by Gasteiger charge is -2.27. The topological polar surface area (TPSA) is 79.7 Å². The number of fused-ring (bicyclic) bond motifs is 2. The predicted octanol–water partition coefficient (Wildman–Crippen LogP) is 1.14. The van der Waals surface area contributed by atoms with E-state index in [2.05, 4.69) is 36.6 Å². The molecule has 124 valence electrons. The van der Waals surface area contributed by atoms with E-state index in [4.69, 9.17) is 0 Å². The molecule has 0 radical (unpaired) electrons. The van der Waals surface area contributed by atoms with E-state index < -0.39 is 0 Å². The smallest absolute Gasteiger partial charge is 0.258 e. The number of nitrogens with zero attached hydrogens (tertiary/aromatic N) is 5. The Bertz CT molecular complexity index is 928. The summed E-state index contributed by atoms with van der Waals surface area (Å²) < 4.78 is 2.21. The van der Waals surface area contributed by atoms with E-state index in [-0.39, 0.29) is 5.56 Å². The van der Waals surface area contributed by atoms with Gasteiger partial charge in [0, 0.05) is 32.5 Å². The average molecular weight is 324 g/mol. The molecule has 7 heteroatoms. The monoisotopic (exact) mass is 324 g/mol. The molecule has 3 heterocycles. The van der Waals surface area contributed by atoms with Crippen LogP contribution in [-0.4, -0.2) is 42.7 Å². The van der Waals surface area contributed by atoms with Crippen molar-refractivity contribution in [1.29, 1.82) is 0 Å². The lowest BCUT2D eigenvalue weighted by molar-refractivity contribution is 0.217. The lowest BCUT2D eigenvalue weighted by atomic mass is 10.2. The van der Waals surface area contributed by atoms with Crippen molar-refractivity contribution in [2.24, 2.45) is 0 Å². The number of benzene rings is 1. The van der Waals surface area contributed by atoms with Crippen LogP contribution in [0.15, 0.2) is 29.1 Å². The highest BCUT2D eigenvalue weighted by Crippen LogP contribution is 2.13. The van der Waals surface area contributed by atoms with E-state index in [1.807, 2.05) is 18.2 Å². The molecule has 2 aromatic heterocycles. The van der Waals surface area contributed by atoms with Crippen molar-refractivity contribution >= 4 is 10.9 Å². The van der Waals surface area contributed by atoms with Crippen molar-refractivity contribution in [3.8, 4) is 0 Å². The molecule has 0 saturated heterocycles. The van der Waals surface area contributed by atoms with Crippen LogP contribution >= 0.6 is 0 Å². The Kier molecular flexibility index (Phi) is 3.86. The summed E-state index contributed by atoms with van der Waals surface area (Å²) in [6.07, 6.45) is 1.63. The van der Waals surface area contributed by atoms with Gasteiger partial charge in [-0.05, 0) is 12.1 Å². The molecule has 4 rings (SSSR count). The highest BCUT2D eigenvalue weighted by atomic mass is 16.1. The number of para-hydroxylation sites is 1. The minimum atomic E-state index is -0.0680. The zero-order valence-corrected chi connectivity index (χ0v) is 13.7. The van der Waals surface area contributed by atoms with Crippen LogP contribution in [0.25, 0.3) is 10.9 Å². The van der Waals surface area contributed by atoms with E-state index in [0.717, 1.165) is 62.0 Å². The third kappa shape index (κ3) is 2.71. The summed E-state index contributed by atoms with van der Waals surface area (Å²) in [5.74, 6) is 2.82. The van der Waals surface area contributed by atoms with Gasteiger partial charge in [-0.3, -0.25) is 9.69 Å². The molecular formula is C17H20N6O. The van der Waals surface area contributed by atoms with Crippen LogP contribution in [0.2, 0.25) is 0 Å². The normalized spacial score (nSPS) is 14.9. The minimum absolute atomic E-state index is 0.0680. The van der Waals surface area contributed by atoms with Crippen molar-refractivity contribution in [1.82, 2.24) is 29.6 Å². The van der Waals surface area contributed by atoms with Crippen molar-refractivity contribution in [2.75, 3.05) is 13.1 Å². The second-order valence-corrected chi connectivity index (χ2v) is 6.09. The number of hydrogen-bond acceptors (Lipinski definition) is 5. The summed E-state index contributed by atoms with van der Waals surface area (Å²) in [5.41, 5.74) is 0.684. The van der Waals surface area contributed by atoms with E-state index in [1.165, 1.54) is 0 Å². The van der Waals surface area contributed by atoms with Gasteiger partial charge in [-0.15, -0.1) is 10.2 Å². The van der Waals surface area contributed by atoms with E-state index in [9.17, 15) is 4.79 Å². The van der Waals surface area contributed by atoms with Crippen LogP contribution in [0.3, 0.4) is 0 Å². The fourth-order valence-corrected chi connectivity index (χ4v) is 3.24. The molecule has 24 heavy (non-hydrogen) atoms. The van der Waals surface area contributed by atoms with Crippen molar-refractivity contribution in [3.63, 3.8) is 0 Å². The van der Waals surface area contributed by atoms with Gasteiger partial charge in [0.15, 0.2) is 0 Å². The highest BCUT2D eigenvalue weighted by molar-refractivity contribution is 5.77. The van der Waals surface area contributed by atoms with E-state index in [0.29, 0.717) is 5.39 Å². The number of rotatable bonds is 4. The van der Waals surface area contributed by atoms with Crippen LogP contribution in [0.4, 0.5) is 0 Å². The summed E-state index contributed by atoms with van der Waals surface area (Å²) in [6, 6.07) is 7.44. The first-order valence-electron chi connectivity index (χ1n) is 8.36. The van der Waals surface area contributed by atoms with Crippen LogP contribution in [-0.2, 0) is 25.9 Å². The first-order chi connectivity index (χ1) is 11.7. The maximum absolute atomic E-state index is 12.1. The molecule has 0 atom stereocenters. The summed E-state index contributed by atoms with van der Waals surface area (Å²) in [7, 11) is 0. The van der Waals surface area contributed by atoms with Gasteiger partial charge in [0.1, 0.15) is 17.5 Å². The number of aromatic nitrogens is 5. The molecule has 0 amide bonds. The summed E-state index contributed by atoms with van der Waals surface area (Å²) in [6.45, 7) is 5.63. The van der Waals surface area contributed by atoms with Gasteiger partial charge < -0.3 is 9.55 Å². The van der Waals surface area contributed by atoms with E-state index >= 15 is 0 Å². The summed E-state index contributed by atoms with van der Waals surface area (Å²) in [5, 5.41) is 9.17. The molecule has 3 aromatic rings. The molecule has 0 unspecified atom stereocenters. The average Bonchev–Trinajstić information content (AvgIpc) is 3.02. The largest absolute Gasteiger partial charge is 0.313 e. The van der Waals surface area contributed by atoms with Gasteiger partial charge in [-0.1, -0.05) is 19.1 Å². The molecule has 1 N–H and O–H groups in total. The van der Waals surface area contributed by atoms with Crippen molar-refractivity contribution in [2.45, 2.75) is 32.9 Å². The quantitative estimate of drug-likeness (QED) is 0.778. The van der Waals surface area contributed by atoms with Crippen LogP contribution in [0, 0.1) is 0 Å². The maximum Gasteiger partial charge on any atom is 0.258 e. The number of H-pyrrole nitrogens is 1. The Morgan fingerprint density at radius 3 is 2.96 bits per heavy atom. The van der Waals surface area contributed by atoms with Gasteiger partial charge in [0.2, 0.25) is 0 Å². The van der Waals surface area contributed by atoms with Crippen LogP contribution in [0.1, 0.15) is 24.4 Å². The Morgan fingerprint density at radius 1 is 1.21 bits per heavy atom. The van der Waals surface area contributed by atoms with Crippen LogP contribution in [0.5, 0.6) is 0 Å². The zero-order chi connectivity index (χ0) is 16.5. The molecule has 0 fully saturated rings. The number of hydrogen-bond donors (Lipinski definition) is 1.